The van der Waals surface area contributed by atoms with Crippen LogP contribution in [-0.2, 0) is 11.3 Å². The molecule has 1 aromatic heterocycles. The molecule has 0 unspecified atom stereocenters. The van der Waals surface area contributed by atoms with Crippen LogP contribution in [-0.4, -0.2) is 27.9 Å². The summed E-state index contributed by atoms with van der Waals surface area (Å²) in [7, 11) is 0. The summed E-state index contributed by atoms with van der Waals surface area (Å²) in [5, 5.41) is 8.76. The third-order valence-electron chi connectivity index (χ3n) is 2.49. The standard InChI is InChI=1S/C12H15N3O3/c1-12(2,3)17-7-9-6-15-10(16)8(4-13)5-14-11(15)18-9/h5,9H,6-7H2,1-3H3/t9-/m1/s1. The van der Waals surface area contributed by atoms with Crippen molar-refractivity contribution in [1.82, 2.24) is 9.55 Å². The Labute approximate surface area is 105 Å². The lowest BCUT2D eigenvalue weighted by Crippen LogP contribution is -2.30. The summed E-state index contributed by atoms with van der Waals surface area (Å²) < 4.78 is 12.5. The van der Waals surface area contributed by atoms with Crippen molar-refractivity contribution in [2.24, 2.45) is 0 Å². The second-order valence-corrected chi connectivity index (χ2v) is 5.15. The van der Waals surface area contributed by atoms with Crippen LogP contribution in [0, 0.1) is 11.3 Å². The van der Waals surface area contributed by atoms with Crippen molar-refractivity contribution in [3.05, 3.63) is 22.1 Å². The first-order valence-corrected chi connectivity index (χ1v) is 5.71. The van der Waals surface area contributed by atoms with E-state index in [4.69, 9.17) is 14.7 Å². The van der Waals surface area contributed by atoms with Gasteiger partial charge in [0.1, 0.15) is 17.7 Å². The third-order valence-corrected chi connectivity index (χ3v) is 2.49. The Morgan fingerprint density at radius 1 is 1.67 bits per heavy atom. The molecule has 0 bridgehead atoms. The second kappa shape index (κ2) is 4.42. The average Bonchev–Trinajstić information content (AvgIpc) is 2.70. The predicted octanol–water partition coefficient (Wildman–Crippen LogP) is 0.691. The molecular weight excluding hydrogens is 234 g/mol. The zero-order valence-electron chi connectivity index (χ0n) is 10.6. The highest BCUT2D eigenvalue weighted by Crippen LogP contribution is 2.18. The summed E-state index contributed by atoms with van der Waals surface area (Å²) in [6.45, 7) is 6.61. The van der Waals surface area contributed by atoms with Crippen molar-refractivity contribution in [3.63, 3.8) is 0 Å². The van der Waals surface area contributed by atoms with Gasteiger partial charge in [0.25, 0.3) is 11.6 Å². The molecule has 6 nitrogen and oxygen atoms in total. The van der Waals surface area contributed by atoms with Crippen LogP contribution in [0.15, 0.2) is 11.0 Å². The Balaban J connectivity index is 2.12. The number of ether oxygens (including phenoxy) is 2. The number of nitriles is 1. The monoisotopic (exact) mass is 249 g/mol. The molecule has 0 amide bonds. The van der Waals surface area contributed by atoms with Crippen LogP contribution in [0.1, 0.15) is 26.3 Å². The normalized spacial score (nSPS) is 18.0. The van der Waals surface area contributed by atoms with Crippen LogP contribution in [0.4, 0.5) is 0 Å². The van der Waals surface area contributed by atoms with E-state index in [0.29, 0.717) is 13.2 Å². The van der Waals surface area contributed by atoms with Gasteiger partial charge in [0.05, 0.1) is 24.9 Å². The molecule has 1 aliphatic rings. The van der Waals surface area contributed by atoms with Crippen molar-refractivity contribution in [3.8, 4) is 12.1 Å². The minimum Gasteiger partial charge on any atom is -0.457 e. The first-order chi connectivity index (χ1) is 8.40. The van der Waals surface area contributed by atoms with Gasteiger partial charge in [-0.25, -0.2) is 4.98 Å². The van der Waals surface area contributed by atoms with Gasteiger partial charge in [-0.2, -0.15) is 5.26 Å². The fourth-order valence-corrected chi connectivity index (χ4v) is 1.63. The van der Waals surface area contributed by atoms with E-state index in [1.54, 1.807) is 0 Å². The second-order valence-electron chi connectivity index (χ2n) is 5.15. The van der Waals surface area contributed by atoms with Gasteiger partial charge in [0, 0.05) is 0 Å². The molecule has 0 fully saturated rings. The molecule has 0 spiro atoms. The van der Waals surface area contributed by atoms with Gasteiger partial charge in [-0.3, -0.25) is 9.36 Å². The lowest BCUT2D eigenvalue weighted by Gasteiger charge is -2.21. The van der Waals surface area contributed by atoms with E-state index in [-0.39, 0.29) is 28.8 Å². The Kier molecular flexibility index (Phi) is 3.09. The lowest BCUT2D eigenvalue weighted by atomic mass is 10.2. The van der Waals surface area contributed by atoms with Crippen molar-refractivity contribution < 1.29 is 9.47 Å². The zero-order valence-corrected chi connectivity index (χ0v) is 10.6. The predicted molar refractivity (Wildman–Crippen MR) is 63.3 cm³/mol. The SMILES string of the molecule is CC(C)(C)OC[C@H]1Cn2c(ncc(C#N)c2=O)O1. The smallest absolute Gasteiger partial charge is 0.299 e. The highest BCUT2D eigenvalue weighted by Gasteiger charge is 2.27. The number of rotatable bonds is 2. The average molecular weight is 249 g/mol. The zero-order chi connectivity index (χ0) is 13.3. The summed E-state index contributed by atoms with van der Waals surface area (Å²) >= 11 is 0. The molecule has 6 heteroatoms. The topological polar surface area (TPSA) is 77.1 Å². The molecule has 18 heavy (non-hydrogen) atoms. The van der Waals surface area contributed by atoms with Crippen LogP contribution in [0.3, 0.4) is 0 Å². The van der Waals surface area contributed by atoms with Gasteiger partial charge in [-0.15, -0.1) is 0 Å². The molecule has 2 heterocycles. The molecule has 1 aliphatic heterocycles. The molecule has 1 aromatic rings. The highest BCUT2D eigenvalue weighted by atomic mass is 16.6. The maximum absolute atomic E-state index is 11.8. The molecule has 0 aromatic carbocycles. The number of nitrogens with zero attached hydrogens (tertiary/aromatic N) is 3. The number of fused-ring (bicyclic) bond motifs is 1. The van der Waals surface area contributed by atoms with Crippen LogP contribution in [0.5, 0.6) is 6.01 Å². The fraction of sp³-hybridized carbons (Fsp3) is 0.583. The Bertz CT molecular complexity index is 551. The highest BCUT2D eigenvalue weighted by molar-refractivity contribution is 5.25. The molecule has 0 N–H and O–H groups in total. The molecule has 2 rings (SSSR count). The van der Waals surface area contributed by atoms with E-state index < -0.39 is 0 Å². The number of hydrogen-bond acceptors (Lipinski definition) is 5. The summed E-state index contributed by atoms with van der Waals surface area (Å²) in [5.74, 6) is 0. The minimum absolute atomic E-state index is 0.0275. The maximum atomic E-state index is 11.8. The first-order valence-electron chi connectivity index (χ1n) is 5.71. The van der Waals surface area contributed by atoms with Crippen LogP contribution in [0.2, 0.25) is 0 Å². The van der Waals surface area contributed by atoms with Gasteiger partial charge in [-0.05, 0) is 20.8 Å². The fourth-order valence-electron chi connectivity index (χ4n) is 1.63. The van der Waals surface area contributed by atoms with Crippen molar-refractivity contribution in [2.45, 2.75) is 39.0 Å². The summed E-state index contributed by atoms with van der Waals surface area (Å²) in [6.07, 6.45) is 1.000. The van der Waals surface area contributed by atoms with E-state index >= 15 is 0 Å². The molecule has 0 saturated carbocycles. The van der Waals surface area contributed by atoms with Crippen LogP contribution in [0.25, 0.3) is 0 Å². The van der Waals surface area contributed by atoms with Crippen molar-refractivity contribution in [1.29, 1.82) is 5.26 Å². The Hall–Kier alpha value is -1.87. The third kappa shape index (κ3) is 2.51. The Morgan fingerprint density at radius 2 is 2.39 bits per heavy atom. The van der Waals surface area contributed by atoms with Crippen LogP contribution < -0.4 is 10.3 Å². The van der Waals surface area contributed by atoms with E-state index in [1.165, 1.54) is 10.8 Å². The summed E-state index contributed by atoms with van der Waals surface area (Å²) in [5.41, 5.74) is -0.588. The minimum atomic E-state index is -0.360. The van der Waals surface area contributed by atoms with Crippen molar-refractivity contribution >= 4 is 0 Å². The van der Waals surface area contributed by atoms with Crippen molar-refractivity contribution in [2.75, 3.05) is 6.61 Å². The first kappa shape index (κ1) is 12.6. The van der Waals surface area contributed by atoms with Gasteiger partial charge in [0.15, 0.2) is 0 Å². The van der Waals surface area contributed by atoms with Gasteiger partial charge < -0.3 is 9.47 Å². The quantitative estimate of drug-likeness (QED) is 0.770. The van der Waals surface area contributed by atoms with Crippen LogP contribution >= 0.6 is 0 Å². The van der Waals surface area contributed by atoms with E-state index in [0.717, 1.165) is 0 Å². The number of aromatic nitrogens is 2. The van der Waals surface area contributed by atoms with Gasteiger partial charge in [0.2, 0.25) is 0 Å². The molecular formula is C12H15N3O3. The Morgan fingerprint density at radius 3 is 3.00 bits per heavy atom. The maximum Gasteiger partial charge on any atom is 0.299 e. The molecule has 0 saturated heterocycles. The van der Waals surface area contributed by atoms with Gasteiger partial charge in [-0.1, -0.05) is 0 Å². The lowest BCUT2D eigenvalue weighted by molar-refractivity contribution is -0.0381. The summed E-state index contributed by atoms with van der Waals surface area (Å²) in [4.78, 5) is 15.8. The molecule has 0 aliphatic carbocycles. The van der Waals surface area contributed by atoms with Gasteiger partial charge >= 0.3 is 0 Å². The largest absolute Gasteiger partial charge is 0.457 e. The number of hydrogen-bond donors (Lipinski definition) is 0. The van der Waals surface area contributed by atoms with E-state index in [1.807, 2.05) is 26.8 Å². The van der Waals surface area contributed by atoms with E-state index in [9.17, 15) is 4.79 Å². The molecule has 0 radical (unpaired) electrons. The van der Waals surface area contributed by atoms with E-state index in [2.05, 4.69) is 4.98 Å². The summed E-state index contributed by atoms with van der Waals surface area (Å²) in [6, 6.07) is 2.06. The molecule has 96 valence electrons. The molecule has 1 atom stereocenters.